The van der Waals surface area contributed by atoms with Crippen LogP contribution >= 0.6 is 22.6 Å². The Morgan fingerprint density at radius 3 is 2.62 bits per heavy atom. The molecule has 0 saturated carbocycles. The number of halogens is 3. The lowest BCUT2D eigenvalue weighted by atomic mass is 10.1. The summed E-state index contributed by atoms with van der Waals surface area (Å²) in [4.78, 5) is 3.81. The van der Waals surface area contributed by atoms with E-state index in [0.717, 1.165) is 0 Å². The third-order valence-electron chi connectivity index (χ3n) is 1.75. The highest BCUT2D eigenvalue weighted by Gasteiger charge is 2.18. The minimum Gasteiger partial charge on any atom is -0.392 e. The van der Waals surface area contributed by atoms with Gasteiger partial charge in [-0.05, 0) is 29.5 Å². The van der Waals surface area contributed by atoms with E-state index in [9.17, 15) is 8.78 Å². The molecule has 2 nitrogen and oxygen atoms in total. The summed E-state index contributed by atoms with van der Waals surface area (Å²) in [6, 6.07) is 0. The van der Waals surface area contributed by atoms with Crippen LogP contribution in [0.15, 0.2) is 6.20 Å². The molecular formula is C8H8F2INO. The topological polar surface area (TPSA) is 33.1 Å². The zero-order valence-corrected chi connectivity index (χ0v) is 9.05. The predicted molar refractivity (Wildman–Crippen MR) is 52.6 cm³/mol. The highest BCUT2D eigenvalue weighted by atomic mass is 127. The number of nitrogens with zero attached hydrogens (tertiary/aromatic N) is 1. The number of aromatic nitrogens is 1. The van der Waals surface area contributed by atoms with Crippen LogP contribution < -0.4 is 0 Å². The van der Waals surface area contributed by atoms with Crippen LogP contribution in [-0.4, -0.2) is 10.1 Å². The van der Waals surface area contributed by atoms with Gasteiger partial charge >= 0.3 is 0 Å². The van der Waals surface area contributed by atoms with E-state index in [1.165, 1.54) is 13.1 Å². The van der Waals surface area contributed by atoms with Crippen LogP contribution in [0.1, 0.15) is 23.2 Å². The van der Waals surface area contributed by atoms with Crippen molar-refractivity contribution in [3.05, 3.63) is 26.6 Å². The van der Waals surface area contributed by atoms with Crippen LogP contribution in [0, 0.1) is 10.5 Å². The van der Waals surface area contributed by atoms with Crippen molar-refractivity contribution < 1.29 is 13.9 Å². The molecule has 1 heterocycles. The molecule has 0 unspecified atom stereocenters. The van der Waals surface area contributed by atoms with E-state index in [2.05, 4.69) is 4.98 Å². The second kappa shape index (κ2) is 4.28. The van der Waals surface area contributed by atoms with Crippen LogP contribution in [0.25, 0.3) is 0 Å². The molecule has 0 fully saturated rings. The Kier molecular flexibility index (Phi) is 3.55. The summed E-state index contributed by atoms with van der Waals surface area (Å²) >= 11 is 1.88. The van der Waals surface area contributed by atoms with Crippen molar-refractivity contribution in [3.8, 4) is 0 Å². The maximum atomic E-state index is 12.5. The predicted octanol–water partition coefficient (Wildman–Crippen LogP) is 2.42. The first-order valence-corrected chi connectivity index (χ1v) is 4.68. The molecule has 1 aromatic rings. The molecule has 0 bridgehead atoms. The normalized spacial score (nSPS) is 10.9. The van der Waals surface area contributed by atoms with Gasteiger partial charge in [0, 0.05) is 26.6 Å². The van der Waals surface area contributed by atoms with Crippen molar-refractivity contribution in [1.29, 1.82) is 0 Å². The summed E-state index contributed by atoms with van der Waals surface area (Å²) in [5.74, 6) is 0. The average molecular weight is 299 g/mol. The van der Waals surface area contributed by atoms with Crippen molar-refractivity contribution in [2.45, 2.75) is 20.0 Å². The Morgan fingerprint density at radius 1 is 1.62 bits per heavy atom. The molecule has 72 valence electrons. The van der Waals surface area contributed by atoms with Gasteiger partial charge in [0.15, 0.2) is 0 Å². The second-order valence-electron chi connectivity index (χ2n) is 2.54. The molecule has 5 heteroatoms. The Hall–Kier alpha value is -0.300. The fourth-order valence-electron chi connectivity index (χ4n) is 1.10. The molecule has 0 atom stereocenters. The van der Waals surface area contributed by atoms with Crippen LogP contribution in [0.3, 0.4) is 0 Å². The summed E-state index contributed by atoms with van der Waals surface area (Å²) < 4.78 is 25.6. The lowest BCUT2D eigenvalue weighted by Crippen LogP contribution is -2.03. The SMILES string of the molecule is Cc1ncc(I)c(CO)c1C(F)F. The molecule has 0 amide bonds. The van der Waals surface area contributed by atoms with Crippen LogP contribution in [0.4, 0.5) is 8.78 Å². The molecular weight excluding hydrogens is 291 g/mol. The first kappa shape index (κ1) is 10.8. The number of aliphatic hydroxyl groups excluding tert-OH is 1. The Morgan fingerprint density at radius 2 is 2.23 bits per heavy atom. The van der Waals surface area contributed by atoms with E-state index >= 15 is 0 Å². The molecule has 1 N–H and O–H groups in total. The summed E-state index contributed by atoms with van der Waals surface area (Å²) in [6.45, 7) is 1.14. The summed E-state index contributed by atoms with van der Waals surface area (Å²) in [5.41, 5.74) is 0.414. The largest absolute Gasteiger partial charge is 0.392 e. The quantitative estimate of drug-likeness (QED) is 0.851. The molecule has 0 aliphatic carbocycles. The van der Waals surface area contributed by atoms with Crippen molar-refractivity contribution in [3.63, 3.8) is 0 Å². The zero-order valence-electron chi connectivity index (χ0n) is 6.89. The first-order chi connectivity index (χ1) is 6.07. The number of hydrogen-bond acceptors (Lipinski definition) is 2. The minimum absolute atomic E-state index is 0.144. The third kappa shape index (κ3) is 2.14. The second-order valence-corrected chi connectivity index (χ2v) is 3.70. The van der Waals surface area contributed by atoms with Gasteiger partial charge < -0.3 is 5.11 Å². The fourth-order valence-corrected chi connectivity index (χ4v) is 1.70. The number of rotatable bonds is 2. The van der Waals surface area contributed by atoms with Gasteiger partial charge in [-0.3, -0.25) is 4.98 Å². The number of hydrogen-bond donors (Lipinski definition) is 1. The van der Waals surface area contributed by atoms with Gasteiger partial charge in [0.25, 0.3) is 6.43 Å². The van der Waals surface area contributed by atoms with Gasteiger partial charge in [-0.15, -0.1) is 0 Å². The summed E-state index contributed by atoms with van der Waals surface area (Å²) in [5, 5.41) is 8.91. The van der Waals surface area contributed by atoms with Crippen LogP contribution in [0.2, 0.25) is 0 Å². The molecule has 0 spiro atoms. The Labute approximate surface area is 88.1 Å². The van der Waals surface area contributed by atoms with E-state index in [4.69, 9.17) is 5.11 Å². The first-order valence-electron chi connectivity index (χ1n) is 3.60. The molecule has 1 aromatic heterocycles. The number of pyridine rings is 1. The Bertz CT molecular complexity index is 317. The molecule has 0 aliphatic rings. The zero-order chi connectivity index (χ0) is 10.0. The molecule has 0 saturated heterocycles. The lowest BCUT2D eigenvalue weighted by Gasteiger charge is -2.10. The molecule has 0 radical (unpaired) electrons. The van der Waals surface area contributed by atoms with Gasteiger partial charge in [-0.2, -0.15) is 0 Å². The highest BCUT2D eigenvalue weighted by molar-refractivity contribution is 14.1. The minimum atomic E-state index is -2.58. The highest BCUT2D eigenvalue weighted by Crippen LogP contribution is 2.28. The molecule has 0 aliphatic heterocycles. The van der Waals surface area contributed by atoms with Crippen molar-refractivity contribution >= 4 is 22.6 Å². The van der Waals surface area contributed by atoms with E-state index < -0.39 is 6.43 Å². The number of aliphatic hydroxyl groups is 1. The van der Waals surface area contributed by atoms with Crippen molar-refractivity contribution in [2.75, 3.05) is 0 Å². The van der Waals surface area contributed by atoms with Crippen LogP contribution in [0.5, 0.6) is 0 Å². The molecule has 1 rings (SSSR count). The van der Waals surface area contributed by atoms with E-state index in [1.807, 2.05) is 22.6 Å². The number of alkyl halides is 2. The standard InChI is InChI=1S/C8H8F2INO/c1-4-7(8(9)10)5(3-13)6(11)2-12-4/h2,8,13H,3H2,1H3. The number of aryl methyl sites for hydroxylation is 1. The monoisotopic (exact) mass is 299 g/mol. The van der Waals surface area contributed by atoms with Gasteiger partial charge in [0.05, 0.1) is 6.61 Å². The van der Waals surface area contributed by atoms with Gasteiger partial charge in [-0.25, -0.2) is 8.78 Å². The average Bonchev–Trinajstić information content (AvgIpc) is 2.07. The Balaban J connectivity index is 3.35. The maximum Gasteiger partial charge on any atom is 0.265 e. The molecule has 13 heavy (non-hydrogen) atoms. The van der Waals surface area contributed by atoms with E-state index in [0.29, 0.717) is 3.57 Å². The van der Waals surface area contributed by atoms with Gasteiger partial charge in [0.1, 0.15) is 0 Å². The van der Waals surface area contributed by atoms with E-state index in [-0.39, 0.29) is 23.4 Å². The summed E-state index contributed by atoms with van der Waals surface area (Å²) in [7, 11) is 0. The summed E-state index contributed by atoms with van der Waals surface area (Å²) in [6.07, 6.45) is -1.10. The van der Waals surface area contributed by atoms with E-state index in [1.54, 1.807) is 0 Å². The fraction of sp³-hybridized carbons (Fsp3) is 0.375. The van der Waals surface area contributed by atoms with Gasteiger partial charge in [0.2, 0.25) is 0 Å². The third-order valence-corrected chi connectivity index (χ3v) is 2.68. The van der Waals surface area contributed by atoms with Crippen LogP contribution in [-0.2, 0) is 6.61 Å². The molecule has 0 aromatic carbocycles. The van der Waals surface area contributed by atoms with Gasteiger partial charge in [-0.1, -0.05) is 0 Å². The lowest BCUT2D eigenvalue weighted by molar-refractivity contribution is 0.145. The maximum absolute atomic E-state index is 12.5. The smallest absolute Gasteiger partial charge is 0.265 e. The van der Waals surface area contributed by atoms with Crippen molar-refractivity contribution in [2.24, 2.45) is 0 Å². The van der Waals surface area contributed by atoms with Crippen molar-refractivity contribution in [1.82, 2.24) is 4.98 Å².